The number of carbonyl (C=O) groups is 1. The van der Waals surface area contributed by atoms with Gasteiger partial charge in [0.2, 0.25) is 11.6 Å². The number of nitrogens with zero attached hydrogens (tertiary/aromatic N) is 4. The lowest BCUT2D eigenvalue weighted by atomic mass is 9.76. The van der Waals surface area contributed by atoms with Gasteiger partial charge in [0, 0.05) is 84.8 Å². The monoisotopic (exact) mass is 1060 g/mol. The van der Waals surface area contributed by atoms with E-state index in [0.717, 1.165) is 83.6 Å². The topological polar surface area (TPSA) is 72.6 Å². The normalized spacial score (nSPS) is 18.5. The summed E-state index contributed by atoms with van der Waals surface area (Å²) in [6, 6.07) is 36.1. The van der Waals surface area contributed by atoms with Gasteiger partial charge in [0.05, 0.1) is 5.41 Å². The number of methoxy groups -OCH3 is 1. The fourth-order valence-electron chi connectivity index (χ4n) is 13.7. The van der Waals surface area contributed by atoms with Gasteiger partial charge in [-0.3, -0.25) is 4.79 Å². The van der Waals surface area contributed by atoms with Gasteiger partial charge in [0.1, 0.15) is 26.9 Å². The summed E-state index contributed by atoms with van der Waals surface area (Å²) in [6.07, 6.45) is 30.9. The molecular weight excluding hydrogens is 971 g/mol. The maximum Gasteiger partial charge on any atom is 0.227 e. The van der Waals surface area contributed by atoms with Crippen LogP contribution in [0.25, 0.3) is 21.5 Å². The average Bonchev–Trinajstić information content (AvgIpc) is 3.68. The number of aliphatic hydroxyl groups excluding tert-OH is 1. The number of ether oxygens (including phenoxy) is 1. The molecule has 1 aliphatic carbocycles. The summed E-state index contributed by atoms with van der Waals surface area (Å²) < 4.78 is 12.0. The van der Waals surface area contributed by atoms with E-state index in [1.165, 1.54) is 83.3 Å². The molecule has 2 aliphatic heterocycles. The van der Waals surface area contributed by atoms with Crippen LogP contribution in [0.1, 0.15) is 160 Å². The number of hydrogen-bond donors (Lipinski definition) is 2. The summed E-state index contributed by atoms with van der Waals surface area (Å²) in [6.45, 7) is 18.0. The quantitative estimate of drug-likeness (QED) is 0.0381. The number of rotatable bonds is 23. The Kier molecular flexibility index (Phi) is 18.0. The first-order chi connectivity index (χ1) is 38.1. The maximum atomic E-state index is 13.3. The predicted molar refractivity (Wildman–Crippen MR) is 326 cm³/mol. The van der Waals surface area contributed by atoms with Crippen LogP contribution in [-0.4, -0.2) is 55.8 Å². The van der Waals surface area contributed by atoms with Crippen LogP contribution in [0.3, 0.4) is 0 Å². The maximum absolute atomic E-state index is 13.3. The molecule has 9 rings (SSSR count). The van der Waals surface area contributed by atoms with Crippen molar-refractivity contribution in [3.05, 3.63) is 191 Å². The highest BCUT2D eigenvalue weighted by Crippen LogP contribution is 2.51. The van der Waals surface area contributed by atoms with Crippen LogP contribution in [0.15, 0.2) is 169 Å². The first kappa shape index (κ1) is 57.2. The molecule has 0 radical (unpaired) electrons. The molecule has 0 saturated heterocycles. The zero-order valence-corrected chi connectivity index (χ0v) is 49.4. The van der Waals surface area contributed by atoms with Crippen molar-refractivity contribution in [2.24, 2.45) is 5.41 Å². The molecular formula is C71H90N5O3+3. The lowest BCUT2D eigenvalue weighted by molar-refractivity contribution is -0.698. The number of allylic oxidation sites excluding steroid dienone is 8. The second kappa shape index (κ2) is 24.9. The molecule has 0 saturated carbocycles. The van der Waals surface area contributed by atoms with Crippen molar-refractivity contribution < 1.29 is 28.3 Å². The summed E-state index contributed by atoms with van der Waals surface area (Å²) >= 11 is 0. The van der Waals surface area contributed by atoms with E-state index in [0.29, 0.717) is 18.4 Å². The number of amides is 1. The van der Waals surface area contributed by atoms with Crippen molar-refractivity contribution in [1.82, 2.24) is 5.32 Å². The number of fused-ring (bicyclic) bond motifs is 6. The van der Waals surface area contributed by atoms with E-state index in [9.17, 15) is 9.90 Å². The number of aliphatic hydroxyl groups is 1. The molecule has 6 aromatic rings. The van der Waals surface area contributed by atoms with E-state index in [1.54, 1.807) is 7.11 Å². The largest absolute Gasteiger partial charge is 0.390 e. The molecule has 2 N–H and O–H groups in total. The molecule has 1 amide bonds. The van der Waals surface area contributed by atoms with Crippen LogP contribution >= 0.6 is 0 Å². The number of nitrogens with one attached hydrogen (secondary N) is 1. The van der Waals surface area contributed by atoms with Crippen LogP contribution in [0, 0.1) is 5.41 Å². The number of aryl methyl sites for hydroxylation is 1. The first-order valence-electron chi connectivity index (χ1n) is 29.7. The van der Waals surface area contributed by atoms with Gasteiger partial charge in [0.15, 0.2) is 37.0 Å². The summed E-state index contributed by atoms with van der Waals surface area (Å²) in [5.74, 6) is 0.814. The zero-order valence-electron chi connectivity index (χ0n) is 49.4. The third kappa shape index (κ3) is 12.0. The molecule has 0 spiro atoms. The van der Waals surface area contributed by atoms with E-state index in [1.807, 2.05) is 4.57 Å². The van der Waals surface area contributed by atoms with Crippen LogP contribution in [0.2, 0.25) is 0 Å². The number of hydrogen-bond acceptors (Lipinski definition) is 4. The predicted octanol–water partition coefficient (Wildman–Crippen LogP) is 14.7. The molecule has 2 aromatic heterocycles. The van der Waals surface area contributed by atoms with Gasteiger partial charge >= 0.3 is 0 Å². The Labute approximate surface area is 472 Å². The standard InChI is InChI=1S/C71H89N5O3/c1-11-51(27-28-52(54-40-46-76(47-41-54)48-49-77)37-42-71(7,12-2)68(78)72-50-79-10)53-38-44-75(45-39-53)43-18-17-24-59-55(31-35-64-69(3,4)66-60-25-15-13-20-57(60)29-33-62(66)73(64)8)22-19-23-56(59)32-36-65-70(5,6)67-61-26-16-14-21-58(61)30-34-63(67)74(65)9/h13-16,20-21,25-26,29-36,38-41,44-47,51-52,77H,11-12,17-19,22-24,27-28,37,42-43,48-50H2,1-10H3/q+2/p+1. The second-order valence-electron chi connectivity index (χ2n) is 24.2. The van der Waals surface area contributed by atoms with E-state index in [2.05, 4.69) is 228 Å². The number of unbranched alkanes of at least 4 members (excludes halogenated alkanes) is 1. The Morgan fingerprint density at radius 2 is 1.39 bits per heavy atom. The van der Waals surface area contributed by atoms with Gasteiger partial charge in [-0.1, -0.05) is 101 Å². The molecule has 414 valence electrons. The van der Waals surface area contributed by atoms with Crippen LogP contribution in [0.5, 0.6) is 0 Å². The average molecular weight is 1060 g/mol. The zero-order chi connectivity index (χ0) is 55.9. The van der Waals surface area contributed by atoms with Crippen molar-refractivity contribution in [3.63, 3.8) is 0 Å². The minimum Gasteiger partial charge on any atom is -0.390 e. The van der Waals surface area contributed by atoms with Crippen LogP contribution in [-0.2, 0) is 33.5 Å². The molecule has 0 fully saturated rings. The SMILES string of the molecule is CCC(CCC(CCC(C)(CC)C(=O)NCOC)c1cc[n+](CCO)cc1)c1cc[n+](CCCCC2=C(C=CC3=[N+](C)c4ccc5ccccc5c4C3(C)C)CCCC2=CC=C2N(C)c3ccc4ccccc4c3C2(C)C)cc1. The van der Waals surface area contributed by atoms with Gasteiger partial charge in [0.25, 0.3) is 0 Å². The number of aromatic nitrogens is 2. The fourth-order valence-corrected chi connectivity index (χ4v) is 13.7. The van der Waals surface area contributed by atoms with E-state index < -0.39 is 5.41 Å². The molecule has 3 unspecified atom stereocenters. The molecule has 3 aliphatic rings. The summed E-state index contributed by atoms with van der Waals surface area (Å²) in [5.41, 5.74) is 14.6. The number of anilines is 1. The smallest absolute Gasteiger partial charge is 0.227 e. The summed E-state index contributed by atoms with van der Waals surface area (Å²) in [7, 11) is 6.11. The van der Waals surface area contributed by atoms with Crippen molar-refractivity contribution >= 4 is 44.5 Å². The molecule has 4 heterocycles. The van der Waals surface area contributed by atoms with E-state index in [-0.39, 0.29) is 30.1 Å². The fraction of sp³-hybridized carbons (Fsp3) is 0.437. The number of carbonyl (C=O) groups excluding carboxylic acids is 1. The Morgan fingerprint density at radius 3 is 2.05 bits per heavy atom. The van der Waals surface area contributed by atoms with Crippen molar-refractivity contribution in [1.29, 1.82) is 0 Å². The van der Waals surface area contributed by atoms with Gasteiger partial charge in [-0.05, 0) is 169 Å². The Morgan fingerprint density at radius 1 is 0.759 bits per heavy atom. The van der Waals surface area contributed by atoms with Crippen molar-refractivity contribution in [2.45, 2.75) is 161 Å². The van der Waals surface area contributed by atoms with Gasteiger partial charge in [-0.15, -0.1) is 0 Å². The second-order valence-corrected chi connectivity index (χ2v) is 24.2. The first-order valence-corrected chi connectivity index (χ1v) is 29.7. The Bertz CT molecular complexity index is 3300. The lowest BCUT2D eigenvalue weighted by Gasteiger charge is -2.29. The van der Waals surface area contributed by atoms with Crippen LogP contribution in [0.4, 0.5) is 11.4 Å². The lowest BCUT2D eigenvalue weighted by Crippen LogP contribution is -2.39. The Hall–Kier alpha value is -6.48. The van der Waals surface area contributed by atoms with Crippen molar-refractivity contribution in [3.8, 4) is 0 Å². The number of likely N-dealkylation sites (N-methyl/N-ethyl adjacent to an activating group) is 1. The molecule has 79 heavy (non-hydrogen) atoms. The summed E-state index contributed by atoms with van der Waals surface area (Å²) in [5, 5.41) is 17.8. The van der Waals surface area contributed by atoms with Gasteiger partial charge < -0.3 is 20.1 Å². The van der Waals surface area contributed by atoms with Crippen LogP contribution < -0.4 is 19.4 Å². The molecule has 4 aromatic carbocycles. The van der Waals surface area contributed by atoms with Gasteiger partial charge in [-0.25, -0.2) is 9.13 Å². The number of benzene rings is 4. The minimum atomic E-state index is -0.468. The number of pyridine rings is 2. The highest BCUT2D eigenvalue weighted by Gasteiger charge is 2.44. The molecule has 3 atom stereocenters. The van der Waals surface area contributed by atoms with Gasteiger partial charge in [-0.2, -0.15) is 4.58 Å². The Balaban J connectivity index is 0.923. The third-order valence-corrected chi connectivity index (χ3v) is 18.7. The highest BCUT2D eigenvalue weighted by molar-refractivity contribution is 6.07. The third-order valence-electron chi connectivity index (χ3n) is 18.7. The highest BCUT2D eigenvalue weighted by atomic mass is 16.5. The molecule has 8 heteroatoms. The van der Waals surface area contributed by atoms with E-state index >= 15 is 0 Å². The van der Waals surface area contributed by atoms with E-state index in [4.69, 9.17) is 4.74 Å². The molecule has 0 bridgehead atoms. The summed E-state index contributed by atoms with van der Waals surface area (Å²) in [4.78, 5) is 15.7. The minimum absolute atomic E-state index is 0.0564. The molecule has 8 nitrogen and oxygen atoms in total. The van der Waals surface area contributed by atoms with Crippen molar-refractivity contribution in [2.75, 3.05) is 39.4 Å².